The first-order chi connectivity index (χ1) is 15.6. The van der Waals surface area contributed by atoms with Crippen LogP contribution in [0, 0.1) is 0 Å². The van der Waals surface area contributed by atoms with E-state index < -0.39 is 18.6 Å². The fraction of sp³-hybridized carbons (Fsp3) is 0.391. The van der Waals surface area contributed by atoms with Gasteiger partial charge in [-0.3, -0.25) is 14.5 Å². The van der Waals surface area contributed by atoms with Gasteiger partial charge in [-0.1, -0.05) is 12.1 Å². The van der Waals surface area contributed by atoms with Gasteiger partial charge in [0.1, 0.15) is 11.8 Å². The van der Waals surface area contributed by atoms with Crippen LogP contribution in [-0.2, 0) is 11.3 Å². The first kappa shape index (κ1) is 21.9. The summed E-state index contributed by atoms with van der Waals surface area (Å²) in [5, 5.41) is 12.4. The Balaban J connectivity index is 1.30. The highest BCUT2D eigenvalue weighted by atomic mass is 16.7. The molecular formula is C23H27N3O6. The highest BCUT2D eigenvalue weighted by Crippen LogP contribution is 2.32. The van der Waals surface area contributed by atoms with E-state index in [0.717, 1.165) is 23.6 Å². The molecule has 1 fully saturated rings. The number of benzene rings is 2. The monoisotopic (exact) mass is 441 g/mol. The molecule has 0 aromatic heterocycles. The van der Waals surface area contributed by atoms with Crippen LogP contribution in [0.2, 0.25) is 0 Å². The van der Waals surface area contributed by atoms with E-state index in [1.807, 2.05) is 18.2 Å². The quantitative estimate of drug-likeness (QED) is 0.657. The second-order valence-corrected chi connectivity index (χ2v) is 7.73. The van der Waals surface area contributed by atoms with Crippen molar-refractivity contribution in [1.82, 2.24) is 15.1 Å². The van der Waals surface area contributed by atoms with Crippen molar-refractivity contribution in [3.8, 4) is 17.2 Å². The van der Waals surface area contributed by atoms with Crippen molar-refractivity contribution in [1.29, 1.82) is 0 Å². The topological polar surface area (TPSA) is 101 Å². The molecule has 2 aromatic carbocycles. The summed E-state index contributed by atoms with van der Waals surface area (Å²) in [4.78, 5) is 29.4. The summed E-state index contributed by atoms with van der Waals surface area (Å²) in [5.74, 6) is 1.34. The second-order valence-electron chi connectivity index (χ2n) is 7.73. The smallest absolute Gasteiger partial charge is 0.252 e. The van der Waals surface area contributed by atoms with E-state index in [9.17, 15) is 14.7 Å². The molecule has 2 aromatic rings. The number of carbonyl (C=O) groups excluding carboxylic acids is 2. The van der Waals surface area contributed by atoms with Gasteiger partial charge in [-0.2, -0.15) is 0 Å². The van der Waals surface area contributed by atoms with Crippen LogP contribution in [0.4, 0.5) is 0 Å². The number of fused-ring (bicyclic) bond motifs is 1. The summed E-state index contributed by atoms with van der Waals surface area (Å²) >= 11 is 0. The lowest BCUT2D eigenvalue weighted by Gasteiger charge is -2.36. The molecule has 9 heteroatoms. The number of hydrogen-bond donors (Lipinski definition) is 2. The predicted octanol–water partition coefficient (Wildman–Crippen LogP) is 0.859. The van der Waals surface area contributed by atoms with Crippen LogP contribution in [0.3, 0.4) is 0 Å². The number of aliphatic hydroxyl groups excluding tert-OH is 1. The number of nitrogens with zero attached hydrogens (tertiary/aromatic N) is 2. The zero-order chi connectivity index (χ0) is 22.5. The number of carbonyl (C=O) groups is 2. The largest absolute Gasteiger partial charge is 0.497 e. The van der Waals surface area contributed by atoms with Crippen molar-refractivity contribution in [2.75, 3.05) is 46.7 Å². The molecule has 2 aliphatic rings. The third-order valence-electron chi connectivity index (χ3n) is 5.65. The number of ether oxygens (including phenoxy) is 3. The van der Waals surface area contributed by atoms with Gasteiger partial charge in [0.15, 0.2) is 11.5 Å². The van der Waals surface area contributed by atoms with Gasteiger partial charge < -0.3 is 29.5 Å². The third kappa shape index (κ3) is 4.95. The minimum Gasteiger partial charge on any atom is -0.497 e. The second kappa shape index (κ2) is 9.88. The fourth-order valence-corrected chi connectivity index (χ4v) is 3.84. The maximum absolute atomic E-state index is 12.9. The number of aliphatic hydroxyl groups is 1. The van der Waals surface area contributed by atoms with Crippen molar-refractivity contribution >= 4 is 11.8 Å². The van der Waals surface area contributed by atoms with E-state index in [1.54, 1.807) is 29.2 Å². The molecule has 0 spiro atoms. The number of rotatable bonds is 7. The number of nitrogens with one attached hydrogen (secondary N) is 1. The molecule has 2 aliphatic heterocycles. The summed E-state index contributed by atoms with van der Waals surface area (Å²) in [6, 6.07) is 11.6. The molecule has 4 rings (SSSR count). The van der Waals surface area contributed by atoms with Crippen molar-refractivity contribution in [2.24, 2.45) is 0 Å². The first-order valence-corrected chi connectivity index (χ1v) is 10.5. The van der Waals surface area contributed by atoms with Crippen molar-refractivity contribution in [3.63, 3.8) is 0 Å². The molecule has 0 radical (unpaired) electrons. The highest BCUT2D eigenvalue weighted by Gasteiger charge is 2.28. The lowest BCUT2D eigenvalue weighted by molar-refractivity contribution is -0.136. The molecule has 1 atom stereocenters. The molecule has 32 heavy (non-hydrogen) atoms. The normalized spacial score (nSPS) is 16.5. The van der Waals surface area contributed by atoms with Crippen molar-refractivity contribution in [3.05, 3.63) is 53.6 Å². The van der Waals surface area contributed by atoms with E-state index in [4.69, 9.17) is 14.2 Å². The molecule has 0 bridgehead atoms. The van der Waals surface area contributed by atoms with E-state index in [2.05, 4.69) is 10.2 Å². The van der Waals surface area contributed by atoms with Gasteiger partial charge in [0.05, 0.1) is 13.7 Å². The van der Waals surface area contributed by atoms with Crippen LogP contribution >= 0.6 is 0 Å². The number of methoxy groups -OCH3 is 1. The summed E-state index contributed by atoms with van der Waals surface area (Å²) in [5.41, 5.74) is 1.48. The summed E-state index contributed by atoms with van der Waals surface area (Å²) in [6.45, 7) is 2.97. The molecule has 2 amide bonds. The Labute approximate surface area is 186 Å². The average Bonchev–Trinajstić information content (AvgIpc) is 3.30. The van der Waals surface area contributed by atoms with Crippen LogP contribution in [-0.4, -0.2) is 79.5 Å². The fourth-order valence-electron chi connectivity index (χ4n) is 3.84. The Bertz CT molecular complexity index is 974. The minimum absolute atomic E-state index is 0.250. The number of amides is 2. The van der Waals surface area contributed by atoms with Crippen LogP contribution in [0.15, 0.2) is 42.5 Å². The van der Waals surface area contributed by atoms with Gasteiger partial charge in [-0.05, 0) is 35.9 Å². The molecular weight excluding hydrogens is 414 g/mol. The first-order valence-electron chi connectivity index (χ1n) is 10.5. The van der Waals surface area contributed by atoms with E-state index >= 15 is 0 Å². The number of hydrogen-bond acceptors (Lipinski definition) is 7. The van der Waals surface area contributed by atoms with Crippen molar-refractivity contribution < 1.29 is 28.9 Å². The van der Waals surface area contributed by atoms with Crippen molar-refractivity contribution in [2.45, 2.75) is 12.6 Å². The minimum atomic E-state index is -0.992. The summed E-state index contributed by atoms with van der Waals surface area (Å²) < 4.78 is 15.9. The van der Waals surface area contributed by atoms with Crippen LogP contribution in [0.1, 0.15) is 15.9 Å². The Morgan fingerprint density at radius 1 is 1.09 bits per heavy atom. The molecule has 2 heterocycles. The zero-order valence-corrected chi connectivity index (χ0v) is 18.0. The lowest BCUT2D eigenvalue weighted by Crippen LogP contribution is -2.55. The van der Waals surface area contributed by atoms with Gasteiger partial charge >= 0.3 is 0 Å². The lowest BCUT2D eigenvalue weighted by atomic mass is 10.1. The Kier molecular flexibility index (Phi) is 6.77. The molecule has 9 nitrogen and oxygen atoms in total. The third-order valence-corrected chi connectivity index (χ3v) is 5.65. The summed E-state index contributed by atoms with van der Waals surface area (Å²) in [6.07, 6.45) is 0. The van der Waals surface area contributed by atoms with E-state index in [0.29, 0.717) is 37.5 Å². The SMILES string of the molecule is COc1cccc(C(=O)N[C@@H](CO)C(=O)N2CCN(Cc3ccc4c(c3)OCO4)CC2)c1. The standard InChI is InChI=1S/C23H27N3O6/c1-30-18-4-2-3-17(12-18)22(28)24-19(14-27)23(29)26-9-7-25(8-10-26)13-16-5-6-20-21(11-16)32-15-31-20/h2-6,11-12,19,27H,7-10,13-15H2,1H3,(H,24,28)/t19-/m0/s1. The van der Waals surface area contributed by atoms with Crippen LogP contribution in [0.5, 0.6) is 17.2 Å². The van der Waals surface area contributed by atoms with Gasteiger partial charge in [-0.25, -0.2) is 0 Å². The Morgan fingerprint density at radius 2 is 1.88 bits per heavy atom. The van der Waals surface area contributed by atoms with Gasteiger partial charge in [0.2, 0.25) is 12.7 Å². The predicted molar refractivity (Wildman–Crippen MR) is 116 cm³/mol. The van der Waals surface area contributed by atoms with Gasteiger partial charge in [0.25, 0.3) is 5.91 Å². The average molecular weight is 441 g/mol. The van der Waals surface area contributed by atoms with E-state index in [-0.39, 0.29) is 12.7 Å². The molecule has 1 saturated heterocycles. The molecule has 2 N–H and O–H groups in total. The zero-order valence-electron chi connectivity index (χ0n) is 18.0. The highest BCUT2D eigenvalue weighted by molar-refractivity contribution is 5.97. The van der Waals surface area contributed by atoms with E-state index in [1.165, 1.54) is 7.11 Å². The Hall–Kier alpha value is -3.30. The molecule has 0 unspecified atom stereocenters. The van der Waals surface area contributed by atoms with Gasteiger partial charge in [-0.15, -0.1) is 0 Å². The molecule has 0 aliphatic carbocycles. The number of piperazine rings is 1. The van der Waals surface area contributed by atoms with Crippen LogP contribution < -0.4 is 19.5 Å². The van der Waals surface area contributed by atoms with Gasteiger partial charge in [0, 0.05) is 38.3 Å². The van der Waals surface area contributed by atoms with Crippen LogP contribution in [0.25, 0.3) is 0 Å². The maximum atomic E-state index is 12.9. The maximum Gasteiger partial charge on any atom is 0.252 e. The molecule has 170 valence electrons. The Morgan fingerprint density at radius 3 is 2.62 bits per heavy atom. The molecule has 0 saturated carbocycles. The summed E-state index contributed by atoms with van der Waals surface area (Å²) in [7, 11) is 1.52.